The Morgan fingerprint density at radius 3 is 2.68 bits per heavy atom. The second-order valence-corrected chi connectivity index (χ2v) is 7.45. The van der Waals surface area contributed by atoms with Crippen LogP contribution in [-0.4, -0.2) is 41.1 Å². The summed E-state index contributed by atoms with van der Waals surface area (Å²) in [4.78, 5) is 20.1. The number of nitrogens with one attached hydrogen (secondary N) is 2. The van der Waals surface area contributed by atoms with E-state index >= 15 is 0 Å². The number of aryl methyl sites for hydroxylation is 1. The predicted molar refractivity (Wildman–Crippen MR) is 90.5 cm³/mol. The molecule has 122 valence electrons. The van der Waals surface area contributed by atoms with Crippen molar-refractivity contribution in [2.75, 3.05) is 18.4 Å². The average molecular weight is 322 g/mol. The van der Waals surface area contributed by atoms with E-state index in [0.29, 0.717) is 11.2 Å². The highest BCUT2D eigenvalue weighted by Crippen LogP contribution is 2.26. The van der Waals surface area contributed by atoms with Crippen LogP contribution in [0, 0.1) is 0 Å². The number of hydrogen-bond donors (Lipinski definition) is 2. The Hall–Kier alpha value is -1.14. The molecule has 1 aliphatic carbocycles. The third-order valence-electron chi connectivity index (χ3n) is 4.83. The van der Waals surface area contributed by atoms with E-state index < -0.39 is 0 Å². The van der Waals surface area contributed by atoms with E-state index in [0.717, 1.165) is 38.4 Å². The van der Waals surface area contributed by atoms with Gasteiger partial charge in [0.05, 0.1) is 0 Å². The number of nitrogens with zero attached hydrogens (tertiary/aromatic N) is 2. The summed E-state index contributed by atoms with van der Waals surface area (Å²) in [7, 11) is 0. The lowest BCUT2D eigenvalue weighted by atomic mass is 10.0. The number of carbonyl (C=O) groups excluding carboxylic acids is 1. The molecule has 0 aromatic carbocycles. The molecule has 0 unspecified atom stereocenters. The number of anilines is 1. The zero-order valence-corrected chi connectivity index (χ0v) is 14.1. The Balaban J connectivity index is 1.41. The van der Waals surface area contributed by atoms with Crippen LogP contribution in [-0.2, 0) is 6.42 Å². The van der Waals surface area contributed by atoms with Gasteiger partial charge < -0.3 is 10.2 Å². The van der Waals surface area contributed by atoms with E-state index in [-0.39, 0.29) is 6.03 Å². The van der Waals surface area contributed by atoms with Gasteiger partial charge in [-0.2, -0.15) is 0 Å². The molecule has 2 amide bonds. The summed E-state index contributed by atoms with van der Waals surface area (Å²) in [6, 6.07) is 0.983. The largest absolute Gasteiger partial charge is 0.335 e. The van der Waals surface area contributed by atoms with Crippen LogP contribution in [0.2, 0.25) is 0 Å². The maximum atomic E-state index is 12.0. The van der Waals surface area contributed by atoms with Gasteiger partial charge >= 0.3 is 6.03 Å². The number of likely N-dealkylation sites (tertiary alicyclic amines) is 1. The monoisotopic (exact) mass is 322 g/mol. The number of hydrogen-bond acceptors (Lipinski definition) is 4. The van der Waals surface area contributed by atoms with Crippen LogP contribution in [0.4, 0.5) is 9.93 Å². The van der Waals surface area contributed by atoms with Crippen LogP contribution in [0.25, 0.3) is 0 Å². The molecule has 1 saturated heterocycles. The number of rotatable bonds is 4. The molecule has 5 nitrogen and oxygen atoms in total. The van der Waals surface area contributed by atoms with Gasteiger partial charge in [0.15, 0.2) is 5.13 Å². The van der Waals surface area contributed by atoms with Gasteiger partial charge in [0.25, 0.3) is 0 Å². The minimum Gasteiger partial charge on any atom is -0.335 e. The standard InChI is InChI=1S/C16H26N4OS/c1-2-14-11-17-16(22-14)19-15(21)18-12-7-9-20(10-8-12)13-5-3-4-6-13/h11-13H,2-10H2,1H3,(H2,17,18,19,21). The van der Waals surface area contributed by atoms with Crippen LogP contribution in [0.15, 0.2) is 6.20 Å². The van der Waals surface area contributed by atoms with Crippen molar-refractivity contribution in [3.63, 3.8) is 0 Å². The molecule has 2 aliphatic rings. The summed E-state index contributed by atoms with van der Waals surface area (Å²) in [5.74, 6) is 0. The van der Waals surface area contributed by atoms with Gasteiger partial charge in [-0.25, -0.2) is 9.78 Å². The van der Waals surface area contributed by atoms with Gasteiger partial charge in [-0.1, -0.05) is 19.8 Å². The van der Waals surface area contributed by atoms with Crippen molar-refractivity contribution in [2.24, 2.45) is 0 Å². The topological polar surface area (TPSA) is 57.3 Å². The summed E-state index contributed by atoms with van der Waals surface area (Å²) in [6.45, 7) is 4.33. The highest BCUT2D eigenvalue weighted by atomic mass is 32.1. The molecule has 0 atom stereocenters. The number of aromatic nitrogens is 1. The van der Waals surface area contributed by atoms with Crippen LogP contribution in [0.5, 0.6) is 0 Å². The van der Waals surface area contributed by atoms with Crippen LogP contribution < -0.4 is 10.6 Å². The van der Waals surface area contributed by atoms with Gasteiger partial charge in [-0.05, 0) is 32.1 Å². The molecular weight excluding hydrogens is 296 g/mol. The Bertz CT molecular complexity index is 490. The highest BCUT2D eigenvalue weighted by molar-refractivity contribution is 7.15. The maximum Gasteiger partial charge on any atom is 0.321 e. The molecule has 22 heavy (non-hydrogen) atoms. The molecule has 0 spiro atoms. The van der Waals surface area contributed by atoms with Crippen molar-refractivity contribution in [2.45, 2.75) is 64.0 Å². The zero-order chi connectivity index (χ0) is 15.4. The molecular formula is C16H26N4OS. The first-order valence-corrected chi connectivity index (χ1v) is 9.32. The third-order valence-corrected chi connectivity index (χ3v) is 5.89. The summed E-state index contributed by atoms with van der Waals surface area (Å²) in [5, 5.41) is 6.64. The average Bonchev–Trinajstić information content (AvgIpc) is 3.19. The molecule has 1 aromatic rings. The van der Waals surface area contributed by atoms with Crippen molar-refractivity contribution < 1.29 is 4.79 Å². The van der Waals surface area contributed by atoms with Crippen LogP contribution >= 0.6 is 11.3 Å². The smallest absolute Gasteiger partial charge is 0.321 e. The quantitative estimate of drug-likeness (QED) is 0.895. The van der Waals surface area contributed by atoms with E-state index in [1.54, 1.807) is 11.3 Å². The number of thiazole rings is 1. The first-order valence-electron chi connectivity index (χ1n) is 8.51. The van der Waals surface area contributed by atoms with Crippen LogP contribution in [0.1, 0.15) is 50.3 Å². The Morgan fingerprint density at radius 1 is 1.32 bits per heavy atom. The SMILES string of the molecule is CCc1cnc(NC(=O)NC2CCN(C3CCCC3)CC2)s1. The number of urea groups is 1. The van der Waals surface area contributed by atoms with Gasteiger partial charge in [0.2, 0.25) is 0 Å². The van der Waals surface area contributed by atoms with Crippen molar-refractivity contribution >= 4 is 22.5 Å². The minimum absolute atomic E-state index is 0.115. The molecule has 6 heteroatoms. The number of carbonyl (C=O) groups is 1. The fraction of sp³-hybridized carbons (Fsp3) is 0.750. The Labute approximate surface area is 136 Å². The van der Waals surface area contributed by atoms with E-state index in [1.807, 2.05) is 6.20 Å². The van der Waals surface area contributed by atoms with Crippen molar-refractivity contribution in [1.29, 1.82) is 0 Å². The highest BCUT2D eigenvalue weighted by Gasteiger charge is 2.27. The lowest BCUT2D eigenvalue weighted by Crippen LogP contribution is -2.48. The lowest BCUT2D eigenvalue weighted by molar-refractivity contribution is 0.147. The van der Waals surface area contributed by atoms with E-state index in [2.05, 4.69) is 27.4 Å². The Kier molecular flexibility index (Phi) is 5.31. The van der Waals surface area contributed by atoms with Crippen LogP contribution in [0.3, 0.4) is 0 Å². The third kappa shape index (κ3) is 3.98. The zero-order valence-electron chi connectivity index (χ0n) is 13.3. The minimum atomic E-state index is -0.115. The molecule has 0 bridgehead atoms. The summed E-state index contributed by atoms with van der Waals surface area (Å²) in [6.07, 6.45) is 10.4. The number of piperidine rings is 1. The van der Waals surface area contributed by atoms with Gasteiger partial charge in [-0.15, -0.1) is 11.3 Å². The lowest BCUT2D eigenvalue weighted by Gasteiger charge is -2.36. The van der Waals surface area contributed by atoms with Gasteiger partial charge in [-0.3, -0.25) is 5.32 Å². The van der Waals surface area contributed by atoms with Crippen molar-refractivity contribution in [3.8, 4) is 0 Å². The molecule has 2 fully saturated rings. The first kappa shape index (κ1) is 15.7. The van der Waals surface area contributed by atoms with Gasteiger partial charge in [0.1, 0.15) is 0 Å². The molecule has 0 radical (unpaired) electrons. The molecule has 2 heterocycles. The molecule has 1 aromatic heterocycles. The van der Waals surface area contributed by atoms with Crippen molar-refractivity contribution in [3.05, 3.63) is 11.1 Å². The fourth-order valence-corrected chi connectivity index (χ4v) is 4.27. The normalized spacial score (nSPS) is 21.1. The van der Waals surface area contributed by atoms with E-state index in [4.69, 9.17) is 0 Å². The second kappa shape index (κ2) is 7.42. The summed E-state index contributed by atoms with van der Waals surface area (Å²) in [5.41, 5.74) is 0. The molecule has 1 saturated carbocycles. The van der Waals surface area contributed by atoms with E-state index in [9.17, 15) is 4.79 Å². The fourth-order valence-electron chi connectivity index (χ4n) is 3.53. The van der Waals surface area contributed by atoms with Crippen molar-refractivity contribution in [1.82, 2.24) is 15.2 Å². The number of amides is 2. The first-order chi connectivity index (χ1) is 10.7. The predicted octanol–water partition coefficient (Wildman–Crippen LogP) is 3.23. The second-order valence-electron chi connectivity index (χ2n) is 6.33. The maximum absolute atomic E-state index is 12.0. The van der Waals surface area contributed by atoms with Gasteiger partial charge in [0, 0.05) is 36.2 Å². The molecule has 1 aliphatic heterocycles. The summed E-state index contributed by atoms with van der Waals surface area (Å²) < 4.78 is 0. The molecule has 3 rings (SSSR count). The molecule has 2 N–H and O–H groups in total. The summed E-state index contributed by atoms with van der Waals surface area (Å²) >= 11 is 1.55. The van der Waals surface area contributed by atoms with E-state index in [1.165, 1.54) is 30.6 Å². The Morgan fingerprint density at radius 2 is 2.05 bits per heavy atom.